The van der Waals surface area contributed by atoms with Crippen molar-refractivity contribution in [2.24, 2.45) is 12.2 Å². The molecule has 18 heavy (non-hydrogen) atoms. The minimum atomic E-state index is -3.74. The zero-order valence-corrected chi connectivity index (χ0v) is 10.6. The molecule has 0 saturated carbocycles. The van der Waals surface area contributed by atoms with Gasteiger partial charge in [-0.25, -0.2) is 18.5 Å². The zero-order valence-electron chi connectivity index (χ0n) is 9.74. The van der Waals surface area contributed by atoms with Crippen molar-refractivity contribution < 1.29 is 8.42 Å². The van der Waals surface area contributed by atoms with Gasteiger partial charge in [0.25, 0.3) is 0 Å². The smallest absolute Gasteiger partial charge is 0.240 e. The summed E-state index contributed by atoms with van der Waals surface area (Å²) in [5, 5.41) is 12.2. The van der Waals surface area contributed by atoms with Gasteiger partial charge in [-0.3, -0.25) is 4.68 Å². The topological polar surface area (TPSA) is 103 Å². The Kier molecular flexibility index (Phi) is 3.30. The lowest BCUT2D eigenvalue weighted by Crippen LogP contribution is -2.15. The van der Waals surface area contributed by atoms with Gasteiger partial charge in [0.05, 0.1) is 12.2 Å². The first kappa shape index (κ1) is 12.5. The minimum absolute atomic E-state index is 0.0564. The fourth-order valence-corrected chi connectivity index (χ4v) is 2.21. The van der Waals surface area contributed by atoms with Gasteiger partial charge >= 0.3 is 0 Å². The molecule has 1 aromatic heterocycles. The minimum Gasteiger partial charge on any atom is -0.377 e. The van der Waals surface area contributed by atoms with Crippen LogP contribution in [-0.2, 0) is 23.6 Å². The number of hydrogen-bond acceptors (Lipinski definition) is 5. The maximum atomic E-state index is 11.4. The Morgan fingerprint density at radius 3 is 2.72 bits per heavy atom. The molecular weight excluding hydrogens is 254 g/mol. The van der Waals surface area contributed by atoms with Crippen molar-refractivity contribution in [1.29, 1.82) is 0 Å². The summed E-state index contributed by atoms with van der Waals surface area (Å²) in [7, 11) is -1.98. The van der Waals surface area contributed by atoms with E-state index in [1.54, 1.807) is 36.3 Å². The number of anilines is 1. The van der Waals surface area contributed by atoms with Crippen LogP contribution in [-0.4, -0.2) is 23.2 Å². The number of aryl methyl sites for hydroxylation is 1. The van der Waals surface area contributed by atoms with Gasteiger partial charge in [-0.15, -0.1) is 0 Å². The molecule has 0 unspecified atom stereocenters. The molecule has 0 aliphatic rings. The number of sulfonamides is 1. The molecule has 0 fully saturated rings. The molecule has 0 aliphatic carbocycles. The molecule has 1 heterocycles. The fraction of sp³-hybridized carbons (Fsp3) is 0.200. The number of aromatic nitrogens is 3. The van der Waals surface area contributed by atoms with E-state index in [-0.39, 0.29) is 4.90 Å². The van der Waals surface area contributed by atoms with E-state index in [0.717, 1.165) is 0 Å². The standard InChI is InChI=1S/C10H13N5O2S/c1-15-7-13-10(14-15)6-12-8-4-2-3-5-9(8)18(11,16)17/h2-5,7,12H,6H2,1H3,(H2,11,16,17). The van der Waals surface area contributed by atoms with Gasteiger partial charge in [0.1, 0.15) is 11.2 Å². The van der Waals surface area contributed by atoms with Crippen LogP contribution in [0.15, 0.2) is 35.5 Å². The molecular formula is C10H13N5O2S. The first-order chi connectivity index (χ1) is 8.47. The number of hydrogen-bond donors (Lipinski definition) is 2. The molecule has 96 valence electrons. The van der Waals surface area contributed by atoms with E-state index < -0.39 is 10.0 Å². The first-order valence-electron chi connectivity index (χ1n) is 5.17. The molecule has 0 aliphatic heterocycles. The highest BCUT2D eigenvalue weighted by Crippen LogP contribution is 2.19. The number of nitrogens with zero attached hydrogens (tertiary/aromatic N) is 3. The van der Waals surface area contributed by atoms with Crippen molar-refractivity contribution >= 4 is 15.7 Å². The van der Waals surface area contributed by atoms with Crippen LogP contribution in [0.25, 0.3) is 0 Å². The van der Waals surface area contributed by atoms with E-state index in [1.807, 2.05) is 0 Å². The Balaban J connectivity index is 2.20. The van der Waals surface area contributed by atoms with Crippen LogP contribution in [0.3, 0.4) is 0 Å². The number of nitrogens with one attached hydrogen (secondary N) is 1. The summed E-state index contributed by atoms with van der Waals surface area (Å²) in [6.07, 6.45) is 1.57. The number of rotatable bonds is 4. The van der Waals surface area contributed by atoms with E-state index in [1.165, 1.54) is 6.07 Å². The molecule has 0 bridgehead atoms. The summed E-state index contributed by atoms with van der Waals surface area (Å²) < 4.78 is 24.3. The van der Waals surface area contributed by atoms with E-state index in [4.69, 9.17) is 5.14 Å². The maximum absolute atomic E-state index is 11.4. The molecule has 8 heteroatoms. The Labute approximate surface area is 105 Å². The zero-order chi connectivity index (χ0) is 13.2. The number of primary sulfonamides is 1. The number of para-hydroxylation sites is 1. The van der Waals surface area contributed by atoms with Crippen LogP contribution in [0.5, 0.6) is 0 Å². The predicted octanol–water partition coefficient (Wildman–Crippen LogP) is 0.0746. The van der Waals surface area contributed by atoms with Crippen LogP contribution in [0.4, 0.5) is 5.69 Å². The second-order valence-electron chi connectivity index (χ2n) is 3.73. The van der Waals surface area contributed by atoms with Gasteiger partial charge in [0.2, 0.25) is 10.0 Å². The maximum Gasteiger partial charge on any atom is 0.240 e. The number of benzene rings is 1. The monoisotopic (exact) mass is 267 g/mol. The third-order valence-electron chi connectivity index (χ3n) is 2.28. The lowest BCUT2D eigenvalue weighted by Gasteiger charge is -2.08. The van der Waals surface area contributed by atoms with Crippen molar-refractivity contribution in [3.05, 3.63) is 36.4 Å². The van der Waals surface area contributed by atoms with E-state index >= 15 is 0 Å². The molecule has 0 spiro atoms. The van der Waals surface area contributed by atoms with Crippen molar-refractivity contribution in [3.8, 4) is 0 Å². The molecule has 0 amide bonds. The molecule has 7 nitrogen and oxygen atoms in total. The van der Waals surface area contributed by atoms with Gasteiger partial charge in [-0.2, -0.15) is 5.10 Å². The molecule has 1 aromatic carbocycles. The normalized spacial score (nSPS) is 11.4. The summed E-state index contributed by atoms with van der Waals surface area (Å²) in [6, 6.07) is 6.43. The molecule has 0 radical (unpaired) electrons. The second kappa shape index (κ2) is 4.75. The average molecular weight is 267 g/mol. The Hall–Kier alpha value is -1.93. The van der Waals surface area contributed by atoms with Crippen LogP contribution in [0.2, 0.25) is 0 Å². The largest absolute Gasteiger partial charge is 0.377 e. The third kappa shape index (κ3) is 2.84. The van der Waals surface area contributed by atoms with Crippen LogP contribution in [0.1, 0.15) is 5.82 Å². The third-order valence-corrected chi connectivity index (χ3v) is 3.25. The van der Waals surface area contributed by atoms with Crippen molar-refractivity contribution in [2.45, 2.75) is 11.4 Å². The summed E-state index contributed by atoms with van der Waals surface area (Å²) in [5.41, 5.74) is 0.437. The summed E-state index contributed by atoms with van der Waals surface area (Å²) in [6.45, 7) is 0.327. The van der Waals surface area contributed by atoms with Gasteiger partial charge in [-0.05, 0) is 12.1 Å². The van der Waals surface area contributed by atoms with Gasteiger partial charge in [0, 0.05) is 7.05 Å². The van der Waals surface area contributed by atoms with Crippen LogP contribution < -0.4 is 10.5 Å². The fourth-order valence-electron chi connectivity index (χ4n) is 1.50. The van der Waals surface area contributed by atoms with Gasteiger partial charge in [-0.1, -0.05) is 12.1 Å². The van der Waals surface area contributed by atoms with Crippen LogP contribution in [0, 0.1) is 0 Å². The van der Waals surface area contributed by atoms with Crippen molar-refractivity contribution in [2.75, 3.05) is 5.32 Å². The molecule has 3 N–H and O–H groups in total. The SMILES string of the molecule is Cn1cnc(CNc2ccccc2S(N)(=O)=O)n1. The molecule has 2 rings (SSSR count). The highest BCUT2D eigenvalue weighted by atomic mass is 32.2. The highest BCUT2D eigenvalue weighted by molar-refractivity contribution is 7.89. The number of nitrogens with two attached hydrogens (primary N) is 1. The molecule has 2 aromatic rings. The molecule has 0 saturated heterocycles. The lowest BCUT2D eigenvalue weighted by atomic mass is 10.3. The van der Waals surface area contributed by atoms with Gasteiger partial charge < -0.3 is 5.32 Å². The lowest BCUT2D eigenvalue weighted by molar-refractivity contribution is 0.598. The van der Waals surface area contributed by atoms with E-state index in [9.17, 15) is 8.42 Å². The van der Waals surface area contributed by atoms with E-state index in [0.29, 0.717) is 18.1 Å². The first-order valence-corrected chi connectivity index (χ1v) is 6.71. The summed E-state index contributed by atoms with van der Waals surface area (Å²) in [4.78, 5) is 4.09. The quantitative estimate of drug-likeness (QED) is 0.816. The van der Waals surface area contributed by atoms with Crippen molar-refractivity contribution in [1.82, 2.24) is 14.8 Å². The second-order valence-corrected chi connectivity index (χ2v) is 5.26. The van der Waals surface area contributed by atoms with Crippen LogP contribution >= 0.6 is 0 Å². The Morgan fingerprint density at radius 1 is 1.39 bits per heavy atom. The summed E-state index contributed by atoms with van der Waals surface area (Å²) >= 11 is 0. The Morgan fingerprint density at radius 2 is 2.11 bits per heavy atom. The molecule has 0 atom stereocenters. The summed E-state index contributed by atoms with van der Waals surface area (Å²) in [5.74, 6) is 0.571. The van der Waals surface area contributed by atoms with Crippen molar-refractivity contribution in [3.63, 3.8) is 0 Å². The van der Waals surface area contributed by atoms with Gasteiger partial charge in [0.15, 0.2) is 5.82 Å². The average Bonchev–Trinajstić information content (AvgIpc) is 2.72. The Bertz CT molecular complexity index is 650. The predicted molar refractivity (Wildman–Crippen MR) is 66.1 cm³/mol. The highest BCUT2D eigenvalue weighted by Gasteiger charge is 2.13. The van der Waals surface area contributed by atoms with E-state index in [2.05, 4.69) is 15.4 Å².